The topological polar surface area (TPSA) is 38.3 Å². The third-order valence-corrected chi connectivity index (χ3v) is 3.98. The molecule has 0 atom stereocenters. The van der Waals surface area contributed by atoms with Crippen molar-refractivity contribution in [2.75, 3.05) is 20.2 Å². The zero-order chi connectivity index (χ0) is 10.7. The summed E-state index contributed by atoms with van der Waals surface area (Å²) in [6, 6.07) is 3.93. The molecule has 0 bridgehead atoms. The van der Waals surface area contributed by atoms with Crippen LogP contribution in [-0.2, 0) is 4.74 Å². The lowest BCUT2D eigenvalue weighted by Crippen LogP contribution is -2.26. The van der Waals surface area contributed by atoms with Gasteiger partial charge in [0.2, 0.25) is 0 Å². The monoisotopic (exact) mass is 225 g/mol. The number of rotatable bonds is 2. The Balaban J connectivity index is 2.08. The molecule has 1 aromatic heterocycles. The molecular formula is C11H15NO2S. The van der Waals surface area contributed by atoms with Gasteiger partial charge in [-0.15, -0.1) is 11.3 Å². The summed E-state index contributed by atoms with van der Waals surface area (Å²) in [5.41, 5.74) is 0. The highest BCUT2D eigenvalue weighted by molar-refractivity contribution is 7.14. The minimum absolute atomic E-state index is 0.222. The fourth-order valence-electron chi connectivity index (χ4n) is 1.89. The van der Waals surface area contributed by atoms with Crippen LogP contribution in [0.3, 0.4) is 0 Å². The number of methoxy groups -OCH3 is 1. The van der Waals surface area contributed by atoms with E-state index in [0.717, 1.165) is 13.1 Å². The molecule has 0 spiro atoms. The smallest absolute Gasteiger partial charge is 0.348 e. The van der Waals surface area contributed by atoms with E-state index in [-0.39, 0.29) is 5.97 Å². The van der Waals surface area contributed by atoms with E-state index >= 15 is 0 Å². The van der Waals surface area contributed by atoms with Gasteiger partial charge in [-0.1, -0.05) is 0 Å². The number of hydrogen-bond acceptors (Lipinski definition) is 4. The summed E-state index contributed by atoms with van der Waals surface area (Å²) in [5.74, 6) is 0.398. The van der Waals surface area contributed by atoms with Crippen LogP contribution in [0.1, 0.15) is 33.3 Å². The first-order valence-electron chi connectivity index (χ1n) is 5.20. The van der Waals surface area contributed by atoms with Crippen LogP contribution in [0.15, 0.2) is 12.1 Å². The minimum atomic E-state index is -0.222. The predicted molar refractivity (Wildman–Crippen MR) is 60.5 cm³/mol. The van der Waals surface area contributed by atoms with Gasteiger partial charge in [-0.2, -0.15) is 0 Å². The standard InChI is InChI=1S/C11H15NO2S/c1-14-11(13)10-3-2-9(15-10)8-4-6-12-7-5-8/h2-3,8,12H,4-7H2,1H3. The van der Waals surface area contributed by atoms with Crippen molar-refractivity contribution in [1.82, 2.24) is 5.32 Å². The van der Waals surface area contributed by atoms with Crippen LogP contribution in [0, 0.1) is 0 Å². The summed E-state index contributed by atoms with van der Waals surface area (Å²) in [6.45, 7) is 2.16. The van der Waals surface area contributed by atoms with Crippen molar-refractivity contribution in [1.29, 1.82) is 0 Å². The van der Waals surface area contributed by atoms with Gasteiger partial charge in [-0.05, 0) is 44.0 Å². The Bertz CT molecular complexity index is 342. The number of thiophene rings is 1. The lowest BCUT2D eigenvalue weighted by molar-refractivity contribution is 0.0606. The van der Waals surface area contributed by atoms with Gasteiger partial charge >= 0.3 is 5.97 Å². The third-order valence-electron chi connectivity index (χ3n) is 2.75. The Kier molecular flexibility index (Phi) is 3.38. The Morgan fingerprint density at radius 2 is 2.20 bits per heavy atom. The summed E-state index contributed by atoms with van der Waals surface area (Å²) in [4.78, 5) is 13.3. The molecule has 15 heavy (non-hydrogen) atoms. The van der Waals surface area contributed by atoms with Gasteiger partial charge in [-0.25, -0.2) is 4.79 Å². The quantitative estimate of drug-likeness (QED) is 0.782. The van der Waals surface area contributed by atoms with Crippen molar-refractivity contribution in [3.8, 4) is 0 Å². The molecule has 82 valence electrons. The summed E-state index contributed by atoms with van der Waals surface area (Å²) in [7, 11) is 1.42. The summed E-state index contributed by atoms with van der Waals surface area (Å²) in [5, 5.41) is 3.34. The van der Waals surface area contributed by atoms with Crippen molar-refractivity contribution < 1.29 is 9.53 Å². The van der Waals surface area contributed by atoms with Crippen LogP contribution in [0.2, 0.25) is 0 Å². The molecule has 1 fully saturated rings. The Morgan fingerprint density at radius 1 is 1.47 bits per heavy atom. The molecule has 0 aliphatic carbocycles. The lowest BCUT2D eigenvalue weighted by atomic mass is 9.97. The highest BCUT2D eigenvalue weighted by atomic mass is 32.1. The second-order valence-corrected chi connectivity index (χ2v) is 4.83. The van der Waals surface area contributed by atoms with Gasteiger partial charge in [-0.3, -0.25) is 0 Å². The largest absolute Gasteiger partial charge is 0.465 e. The van der Waals surface area contributed by atoms with Crippen LogP contribution >= 0.6 is 11.3 Å². The predicted octanol–water partition coefficient (Wildman–Crippen LogP) is 2.00. The fourth-order valence-corrected chi connectivity index (χ4v) is 2.98. The maximum atomic E-state index is 11.3. The van der Waals surface area contributed by atoms with E-state index in [1.165, 1.54) is 24.8 Å². The Morgan fingerprint density at radius 3 is 2.87 bits per heavy atom. The van der Waals surface area contributed by atoms with E-state index in [9.17, 15) is 4.79 Å². The van der Waals surface area contributed by atoms with Crippen LogP contribution in [0.25, 0.3) is 0 Å². The molecule has 0 radical (unpaired) electrons. The first-order valence-corrected chi connectivity index (χ1v) is 6.01. The summed E-state index contributed by atoms with van der Waals surface area (Å²) < 4.78 is 4.70. The first-order chi connectivity index (χ1) is 7.31. The number of hydrogen-bond donors (Lipinski definition) is 1. The van der Waals surface area contributed by atoms with Gasteiger partial charge in [0.15, 0.2) is 0 Å². The molecule has 2 rings (SSSR count). The molecule has 0 unspecified atom stereocenters. The maximum absolute atomic E-state index is 11.3. The van der Waals surface area contributed by atoms with Gasteiger partial charge in [0.05, 0.1) is 7.11 Å². The number of piperidine rings is 1. The summed E-state index contributed by atoms with van der Waals surface area (Å²) in [6.07, 6.45) is 2.34. The minimum Gasteiger partial charge on any atom is -0.465 e. The Hall–Kier alpha value is -0.870. The molecule has 0 amide bonds. The first kappa shape index (κ1) is 10.6. The molecule has 1 aromatic rings. The average Bonchev–Trinajstić information content (AvgIpc) is 2.78. The lowest BCUT2D eigenvalue weighted by Gasteiger charge is -2.21. The number of ether oxygens (including phenoxy) is 1. The highest BCUT2D eigenvalue weighted by Crippen LogP contribution is 2.31. The van der Waals surface area contributed by atoms with Crippen molar-refractivity contribution in [3.63, 3.8) is 0 Å². The zero-order valence-electron chi connectivity index (χ0n) is 8.79. The van der Waals surface area contributed by atoms with Crippen LogP contribution in [-0.4, -0.2) is 26.2 Å². The molecule has 4 heteroatoms. The van der Waals surface area contributed by atoms with Crippen LogP contribution < -0.4 is 5.32 Å². The van der Waals surface area contributed by atoms with Crippen LogP contribution in [0.5, 0.6) is 0 Å². The van der Waals surface area contributed by atoms with Crippen molar-refractivity contribution in [2.24, 2.45) is 0 Å². The summed E-state index contributed by atoms with van der Waals surface area (Å²) >= 11 is 1.57. The number of carbonyl (C=O) groups excluding carboxylic acids is 1. The van der Waals surface area contributed by atoms with E-state index in [1.807, 2.05) is 6.07 Å². The molecule has 0 aromatic carbocycles. The van der Waals surface area contributed by atoms with E-state index < -0.39 is 0 Å². The molecule has 1 N–H and O–H groups in total. The van der Waals surface area contributed by atoms with E-state index in [0.29, 0.717) is 10.8 Å². The molecule has 1 saturated heterocycles. The molecule has 3 nitrogen and oxygen atoms in total. The Labute approximate surface area is 93.4 Å². The van der Waals surface area contributed by atoms with Crippen molar-refractivity contribution in [2.45, 2.75) is 18.8 Å². The SMILES string of the molecule is COC(=O)c1ccc(C2CCNCC2)s1. The molecule has 0 saturated carbocycles. The molecular weight excluding hydrogens is 210 g/mol. The molecule has 1 aliphatic heterocycles. The average molecular weight is 225 g/mol. The number of esters is 1. The van der Waals surface area contributed by atoms with E-state index in [2.05, 4.69) is 11.4 Å². The van der Waals surface area contributed by atoms with Gasteiger partial charge in [0.1, 0.15) is 4.88 Å². The van der Waals surface area contributed by atoms with Gasteiger partial charge in [0, 0.05) is 4.88 Å². The molecule has 2 heterocycles. The van der Waals surface area contributed by atoms with Crippen molar-refractivity contribution >= 4 is 17.3 Å². The van der Waals surface area contributed by atoms with Crippen LogP contribution in [0.4, 0.5) is 0 Å². The molecule has 1 aliphatic rings. The van der Waals surface area contributed by atoms with Gasteiger partial charge < -0.3 is 10.1 Å². The van der Waals surface area contributed by atoms with Gasteiger partial charge in [0.25, 0.3) is 0 Å². The third kappa shape index (κ3) is 2.38. The fraction of sp³-hybridized carbons (Fsp3) is 0.545. The van der Waals surface area contributed by atoms with Crippen molar-refractivity contribution in [3.05, 3.63) is 21.9 Å². The second-order valence-electron chi connectivity index (χ2n) is 3.72. The normalized spacial score (nSPS) is 17.7. The second kappa shape index (κ2) is 4.77. The highest BCUT2D eigenvalue weighted by Gasteiger charge is 2.18. The number of nitrogens with one attached hydrogen (secondary N) is 1. The maximum Gasteiger partial charge on any atom is 0.348 e. The van der Waals surface area contributed by atoms with E-state index in [1.54, 1.807) is 11.3 Å². The van der Waals surface area contributed by atoms with E-state index in [4.69, 9.17) is 4.74 Å². The zero-order valence-corrected chi connectivity index (χ0v) is 9.60. The number of carbonyl (C=O) groups is 1.